The van der Waals surface area contributed by atoms with Crippen molar-refractivity contribution in [2.45, 2.75) is 5.16 Å². The minimum atomic E-state index is -0.246. The van der Waals surface area contributed by atoms with Gasteiger partial charge in [0.15, 0.2) is 11.0 Å². The summed E-state index contributed by atoms with van der Waals surface area (Å²) >= 11 is 7.22. The molecule has 0 saturated carbocycles. The second kappa shape index (κ2) is 10.8. The number of carbonyl (C=O) groups excluding carboxylic acids is 1. The van der Waals surface area contributed by atoms with E-state index in [1.54, 1.807) is 18.3 Å². The number of nitrogens with zero attached hydrogens (tertiary/aromatic N) is 4. The van der Waals surface area contributed by atoms with Gasteiger partial charge in [-0.1, -0.05) is 53.7 Å². The summed E-state index contributed by atoms with van der Waals surface area (Å²) in [7, 11) is 1.85. The largest absolute Gasteiger partial charge is 0.457 e. The number of benzene rings is 3. The highest BCUT2D eigenvalue weighted by molar-refractivity contribution is 7.99. The smallest absolute Gasteiger partial charge is 0.250 e. The fourth-order valence-corrected chi connectivity index (χ4v) is 3.74. The summed E-state index contributed by atoms with van der Waals surface area (Å²) in [6, 6.07) is 24.3. The highest BCUT2D eigenvalue weighted by atomic mass is 35.5. The normalized spacial score (nSPS) is 11.0. The molecule has 1 aromatic heterocycles. The summed E-state index contributed by atoms with van der Waals surface area (Å²) in [5.41, 5.74) is 4.23. The lowest BCUT2D eigenvalue weighted by molar-refractivity contribution is -0.118. The van der Waals surface area contributed by atoms with Crippen molar-refractivity contribution >= 4 is 35.5 Å². The van der Waals surface area contributed by atoms with Gasteiger partial charge in [-0.15, -0.1) is 10.2 Å². The van der Waals surface area contributed by atoms with Crippen LogP contribution in [0.25, 0.3) is 11.4 Å². The molecule has 0 fully saturated rings. The molecule has 1 N–H and O–H groups in total. The number of thioether (sulfide) groups is 1. The first-order chi connectivity index (χ1) is 16.1. The van der Waals surface area contributed by atoms with E-state index >= 15 is 0 Å². The second-order valence-corrected chi connectivity index (χ2v) is 8.32. The average Bonchev–Trinajstić information content (AvgIpc) is 3.19. The molecule has 0 saturated heterocycles. The van der Waals surface area contributed by atoms with Crippen LogP contribution in [0.5, 0.6) is 11.5 Å². The van der Waals surface area contributed by atoms with Gasteiger partial charge < -0.3 is 9.30 Å². The van der Waals surface area contributed by atoms with Crippen molar-refractivity contribution in [2.75, 3.05) is 5.75 Å². The zero-order valence-electron chi connectivity index (χ0n) is 17.7. The minimum Gasteiger partial charge on any atom is -0.457 e. The number of nitrogens with one attached hydrogen (secondary N) is 1. The molecule has 3 aromatic carbocycles. The first-order valence-electron chi connectivity index (χ1n) is 10.0. The third kappa shape index (κ3) is 6.21. The van der Waals surface area contributed by atoms with Gasteiger partial charge in [0.2, 0.25) is 0 Å². The average molecular weight is 478 g/mol. The predicted molar refractivity (Wildman–Crippen MR) is 131 cm³/mol. The van der Waals surface area contributed by atoms with Crippen LogP contribution in [0.3, 0.4) is 0 Å². The quantitative estimate of drug-likeness (QED) is 0.215. The van der Waals surface area contributed by atoms with Gasteiger partial charge >= 0.3 is 0 Å². The first-order valence-corrected chi connectivity index (χ1v) is 11.4. The van der Waals surface area contributed by atoms with Gasteiger partial charge in [0.25, 0.3) is 5.91 Å². The molecule has 0 bridgehead atoms. The molecule has 0 aliphatic heterocycles. The molecule has 9 heteroatoms. The van der Waals surface area contributed by atoms with Crippen molar-refractivity contribution in [1.29, 1.82) is 0 Å². The van der Waals surface area contributed by atoms with Crippen LogP contribution >= 0.6 is 23.4 Å². The number of para-hydroxylation sites is 1. The minimum absolute atomic E-state index is 0.154. The standard InChI is InChI=1S/C24H20ClN5O2S/c1-30-23(18-10-12-19(25)13-11-18)28-29-24(30)33-16-22(31)27-26-15-17-6-5-9-21(14-17)32-20-7-3-2-4-8-20/h2-15H,16H2,1H3,(H,27,31). The fourth-order valence-electron chi connectivity index (χ4n) is 2.92. The molecule has 0 spiro atoms. The van der Waals surface area contributed by atoms with Gasteiger partial charge in [-0.05, 0) is 54.1 Å². The third-order valence-corrected chi connectivity index (χ3v) is 5.78. The Bertz CT molecular complexity index is 1260. The molecular weight excluding hydrogens is 458 g/mol. The lowest BCUT2D eigenvalue weighted by Crippen LogP contribution is -2.19. The van der Waals surface area contributed by atoms with E-state index in [0.717, 1.165) is 16.9 Å². The van der Waals surface area contributed by atoms with Gasteiger partial charge in [0, 0.05) is 17.6 Å². The molecule has 1 heterocycles. The zero-order chi connectivity index (χ0) is 23.0. The van der Waals surface area contributed by atoms with E-state index < -0.39 is 0 Å². The van der Waals surface area contributed by atoms with Crippen LogP contribution in [0.1, 0.15) is 5.56 Å². The molecule has 33 heavy (non-hydrogen) atoms. The van der Waals surface area contributed by atoms with Crippen molar-refractivity contribution in [1.82, 2.24) is 20.2 Å². The van der Waals surface area contributed by atoms with E-state index in [-0.39, 0.29) is 11.7 Å². The van der Waals surface area contributed by atoms with Gasteiger partial charge in [0.05, 0.1) is 12.0 Å². The molecule has 0 unspecified atom stereocenters. The highest BCUT2D eigenvalue weighted by Gasteiger charge is 2.12. The molecule has 0 atom stereocenters. The van der Waals surface area contributed by atoms with Crippen LogP contribution < -0.4 is 10.2 Å². The number of carbonyl (C=O) groups is 1. The summed E-state index contributed by atoms with van der Waals surface area (Å²) in [5, 5.41) is 13.7. The lowest BCUT2D eigenvalue weighted by Gasteiger charge is -2.06. The number of halogens is 1. The van der Waals surface area contributed by atoms with Gasteiger partial charge in [-0.3, -0.25) is 4.79 Å². The van der Waals surface area contributed by atoms with E-state index in [4.69, 9.17) is 16.3 Å². The van der Waals surface area contributed by atoms with Crippen molar-refractivity contribution in [3.63, 3.8) is 0 Å². The summed E-state index contributed by atoms with van der Waals surface area (Å²) < 4.78 is 7.65. The molecule has 4 aromatic rings. The fraction of sp³-hybridized carbons (Fsp3) is 0.0833. The maximum atomic E-state index is 12.2. The zero-order valence-corrected chi connectivity index (χ0v) is 19.3. The van der Waals surface area contributed by atoms with Crippen molar-refractivity contribution in [3.8, 4) is 22.9 Å². The van der Waals surface area contributed by atoms with E-state index in [9.17, 15) is 4.79 Å². The number of ether oxygens (including phenoxy) is 1. The second-order valence-electron chi connectivity index (χ2n) is 6.94. The van der Waals surface area contributed by atoms with E-state index in [1.165, 1.54) is 11.8 Å². The number of amides is 1. The molecule has 1 amide bonds. The Morgan fingerprint density at radius 2 is 1.82 bits per heavy atom. The van der Waals surface area contributed by atoms with Crippen LogP contribution in [0.2, 0.25) is 5.02 Å². The Morgan fingerprint density at radius 1 is 1.06 bits per heavy atom. The van der Waals surface area contributed by atoms with Gasteiger partial charge in [-0.2, -0.15) is 5.10 Å². The van der Waals surface area contributed by atoms with Crippen LogP contribution in [0.15, 0.2) is 89.1 Å². The lowest BCUT2D eigenvalue weighted by atomic mass is 10.2. The van der Waals surface area contributed by atoms with Gasteiger partial charge in [0.1, 0.15) is 11.5 Å². The Morgan fingerprint density at radius 3 is 2.61 bits per heavy atom. The third-order valence-electron chi connectivity index (χ3n) is 4.51. The van der Waals surface area contributed by atoms with Crippen molar-refractivity contribution < 1.29 is 9.53 Å². The summed E-state index contributed by atoms with van der Waals surface area (Å²) in [6.45, 7) is 0. The van der Waals surface area contributed by atoms with E-state index in [2.05, 4.69) is 20.7 Å². The van der Waals surface area contributed by atoms with Crippen molar-refractivity contribution in [2.24, 2.45) is 12.1 Å². The van der Waals surface area contributed by atoms with E-state index in [1.807, 2.05) is 78.3 Å². The Balaban J connectivity index is 1.29. The summed E-state index contributed by atoms with van der Waals surface area (Å²) in [6.07, 6.45) is 1.57. The molecule has 4 rings (SSSR count). The molecule has 0 aliphatic rings. The molecule has 7 nitrogen and oxygen atoms in total. The topological polar surface area (TPSA) is 81.4 Å². The molecule has 0 aliphatic carbocycles. The molecular formula is C24H20ClN5O2S. The SMILES string of the molecule is Cn1c(SCC(=O)NN=Cc2cccc(Oc3ccccc3)c2)nnc1-c1ccc(Cl)cc1. The number of hydrogen-bond acceptors (Lipinski definition) is 6. The van der Waals surface area contributed by atoms with Crippen LogP contribution in [0, 0.1) is 0 Å². The Hall–Kier alpha value is -3.62. The number of aromatic nitrogens is 3. The maximum Gasteiger partial charge on any atom is 0.250 e. The van der Waals surface area contributed by atoms with E-state index in [0.29, 0.717) is 21.8 Å². The molecule has 166 valence electrons. The maximum absolute atomic E-state index is 12.2. The first kappa shape index (κ1) is 22.6. The number of rotatable bonds is 8. The van der Waals surface area contributed by atoms with Crippen molar-refractivity contribution in [3.05, 3.63) is 89.4 Å². The molecule has 0 radical (unpaired) electrons. The number of hydrogen-bond donors (Lipinski definition) is 1. The highest BCUT2D eigenvalue weighted by Crippen LogP contribution is 2.24. The Kier molecular flexibility index (Phi) is 7.39. The van der Waals surface area contributed by atoms with Crippen LogP contribution in [-0.4, -0.2) is 32.6 Å². The summed E-state index contributed by atoms with van der Waals surface area (Å²) in [4.78, 5) is 12.2. The summed E-state index contributed by atoms with van der Waals surface area (Å²) in [5.74, 6) is 2.04. The van der Waals surface area contributed by atoms with Crippen LogP contribution in [0.4, 0.5) is 0 Å². The Labute approximate surface area is 200 Å². The van der Waals surface area contributed by atoms with Crippen LogP contribution in [-0.2, 0) is 11.8 Å². The number of hydrazone groups is 1. The monoisotopic (exact) mass is 477 g/mol. The van der Waals surface area contributed by atoms with Gasteiger partial charge in [-0.25, -0.2) is 5.43 Å². The predicted octanol–water partition coefficient (Wildman–Crippen LogP) is 5.17.